The van der Waals surface area contributed by atoms with Gasteiger partial charge in [-0.25, -0.2) is 9.78 Å². The van der Waals surface area contributed by atoms with Crippen LogP contribution in [0.4, 0.5) is 4.79 Å². The van der Waals surface area contributed by atoms with Crippen molar-refractivity contribution in [2.24, 2.45) is 0 Å². The van der Waals surface area contributed by atoms with E-state index in [1.54, 1.807) is 24.4 Å². The quantitative estimate of drug-likeness (QED) is 0.399. The minimum Gasteiger partial charge on any atom is -0.494 e. The topological polar surface area (TPSA) is 96.5 Å². The highest BCUT2D eigenvalue weighted by Crippen LogP contribution is 2.30. The van der Waals surface area contributed by atoms with Crippen molar-refractivity contribution in [1.82, 2.24) is 29.7 Å². The van der Waals surface area contributed by atoms with Crippen molar-refractivity contribution >= 4 is 17.1 Å². The molecule has 1 aliphatic rings. The van der Waals surface area contributed by atoms with Crippen LogP contribution in [0.2, 0.25) is 0 Å². The average Bonchev–Trinajstić information content (AvgIpc) is 3.29. The summed E-state index contributed by atoms with van der Waals surface area (Å²) in [5, 5.41) is 0. The van der Waals surface area contributed by atoms with Gasteiger partial charge in [0.25, 0.3) is 0 Å². The number of nitrogens with one attached hydrogen (secondary N) is 1. The molecule has 0 unspecified atom stereocenters. The second-order valence-corrected chi connectivity index (χ2v) is 10.6. The first-order valence-corrected chi connectivity index (χ1v) is 12.9. The predicted molar refractivity (Wildman–Crippen MR) is 146 cm³/mol. The SMILES string of the molecule is COc1cnccc1-c1ccc2nc(Cc3cc(CN4CCN(C(=O)OC(C)(C)C)CC4)ccn3)[nH]c2c1. The summed E-state index contributed by atoms with van der Waals surface area (Å²) in [4.78, 5) is 33.5. The second kappa shape index (κ2) is 10.8. The number of hydrogen-bond acceptors (Lipinski definition) is 7. The number of hydrogen-bond donors (Lipinski definition) is 1. The van der Waals surface area contributed by atoms with Crippen LogP contribution in [0.3, 0.4) is 0 Å². The summed E-state index contributed by atoms with van der Waals surface area (Å²) >= 11 is 0. The Morgan fingerprint density at radius 3 is 2.63 bits per heavy atom. The molecule has 38 heavy (non-hydrogen) atoms. The number of H-pyrrole nitrogens is 1. The number of fused-ring (bicyclic) bond motifs is 1. The van der Waals surface area contributed by atoms with Crippen LogP contribution < -0.4 is 4.74 Å². The molecule has 0 atom stereocenters. The van der Waals surface area contributed by atoms with E-state index in [1.165, 1.54) is 5.56 Å². The van der Waals surface area contributed by atoms with Gasteiger partial charge in [-0.3, -0.25) is 14.9 Å². The molecule has 198 valence electrons. The molecule has 0 bridgehead atoms. The number of benzene rings is 1. The third-order valence-electron chi connectivity index (χ3n) is 6.51. The Labute approximate surface area is 222 Å². The van der Waals surface area contributed by atoms with Gasteiger partial charge in [-0.2, -0.15) is 0 Å². The largest absolute Gasteiger partial charge is 0.494 e. The van der Waals surface area contributed by atoms with E-state index in [2.05, 4.69) is 38.1 Å². The number of rotatable bonds is 6. The van der Waals surface area contributed by atoms with Crippen LogP contribution in [0.1, 0.15) is 37.9 Å². The fourth-order valence-corrected chi connectivity index (χ4v) is 4.66. The molecule has 0 spiro atoms. The predicted octanol–water partition coefficient (Wildman–Crippen LogP) is 4.67. The van der Waals surface area contributed by atoms with E-state index in [1.807, 2.05) is 45.2 Å². The molecular weight excluding hydrogens is 480 g/mol. The van der Waals surface area contributed by atoms with Crippen molar-refractivity contribution in [3.8, 4) is 16.9 Å². The molecule has 0 aliphatic carbocycles. The Morgan fingerprint density at radius 2 is 1.87 bits per heavy atom. The van der Waals surface area contributed by atoms with Gasteiger partial charge in [0, 0.05) is 62.8 Å². The second-order valence-electron chi connectivity index (χ2n) is 10.6. The highest BCUT2D eigenvalue weighted by Gasteiger charge is 2.25. The number of nitrogens with zero attached hydrogens (tertiary/aromatic N) is 5. The Kier molecular flexibility index (Phi) is 7.28. The number of imidazole rings is 1. The van der Waals surface area contributed by atoms with Gasteiger partial charge in [0.05, 0.1) is 24.3 Å². The van der Waals surface area contributed by atoms with Crippen LogP contribution in [0.5, 0.6) is 5.75 Å². The van der Waals surface area contributed by atoms with Crippen molar-refractivity contribution in [3.05, 3.63) is 72.1 Å². The van der Waals surface area contributed by atoms with E-state index < -0.39 is 5.60 Å². The van der Waals surface area contributed by atoms with E-state index in [9.17, 15) is 4.79 Å². The molecule has 1 saturated heterocycles. The fraction of sp³-hybridized carbons (Fsp3) is 0.379. The minimum atomic E-state index is -0.475. The van der Waals surface area contributed by atoms with Crippen molar-refractivity contribution in [2.45, 2.75) is 39.3 Å². The number of carbonyl (C=O) groups excluding carboxylic acids is 1. The summed E-state index contributed by atoms with van der Waals surface area (Å²) in [6.07, 6.45) is 5.72. The first-order chi connectivity index (χ1) is 18.3. The Balaban J connectivity index is 1.22. The molecular formula is C29H34N6O3. The van der Waals surface area contributed by atoms with Crippen molar-refractivity contribution in [2.75, 3.05) is 33.3 Å². The molecule has 1 N–H and O–H groups in total. The van der Waals surface area contributed by atoms with Crippen LogP contribution in [-0.2, 0) is 17.7 Å². The molecule has 9 nitrogen and oxygen atoms in total. The number of carbonyl (C=O) groups is 1. The van der Waals surface area contributed by atoms with Crippen LogP contribution in [0.15, 0.2) is 55.0 Å². The summed E-state index contributed by atoms with van der Waals surface area (Å²) in [7, 11) is 1.65. The normalized spacial score (nSPS) is 14.6. The molecule has 9 heteroatoms. The number of methoxy groups -OCH3 is 1. The summed E-state index contributed by atoms with van der Waals surface area (Å²) < 4.78 is 11.0. The molecule has 1 aliphatic heterocycles. The molecule has 0 radical (unpaired) electrons. The maximum Gasteiger partial charge on any atom is 0.410 e. The van der Waals surface area contributed by atoms with Gasteiger partial charge in [0.1, 0.15) is 17.2 Å². The summed E-state index contributed by atoms with van der Waals surface area (Å²) in [5.74, 6) is 1.60. The lowest BCUT2D eigenvalue weighted by Crippen LogP contribution is -2.49. The number of pyridine rings is 2. The maximum atomic E-state index is 12.3. The highest BCUT2D eigenvalue weighted by molar-refractivity contribution is 5.83. The molecule has 4 aromatic rings. The Hall–Kier alpha value is -3.98. The molecule has 4 heterocycles. The average molecular weight is 515 g/mol. The standard InChI is InChI=1S/C29H34N6O3/c1-29(2,3)38-28(36)35-13-11-34(12-14-35)19-20-7-10-31-22(15-20)17-27-32-24-6-5-21(16-25(24)33-27)23-8-9-30-18-26(23)37-4/h5-10,15-16,18H,11-14,17,19H2,1-4H3,(H,32,33). The first-order valence-electron chi connectivity index (χ1n) is 12.9. The highest BCUT2D eigenvalue weighted by atomic mass is 16.6. The molecule has 1 fully saturated rings. The summed E-state index contributed by atoms with van der Waals surface area (Å²) in [5.41, 5.74) is 5.59. The van der Waals surface area contributed by atoms with Crippen molar-refractivity contribution in [1.29, 1.82) is 0 Å². The third-order valence-corrected chi connectivity index (χ3v) is 6.51. The number of ether oxygens (including phenoxy) is 2. The zero-order valence-electron chi connectivity index (χ0n) is 22.4. The van der Waals surface area contributed by atoms with Gasteiger partial charge in [-0.05, 0) is 62.2 Å². The minimum absolute atomic E-state index is 0.235. The number of aromatic amines is 1. The van der Waals surface area contributed by atoms with Crippen LogP contribution in [0, 0.1) is 0 Å². The van der Waals surface area contributed by atoms with E-state index in [-0.39, 0.29) is 6.09 Å². The van der Waals surface area contributed by atoms with E-state index >= 15 is 0 Å². The fourth-order valence-electron chi connectivity index (χ4n) is 4.66. The molecule has 0 saturated carbocycles. The lowest BCUT2D eigenvalue weighted by molar-refractivity contribution is 0.0139. The number of aromatic nitrogens is 4. The molecule has 3 aromatic heterocycles. The maximum absolute atomic E-state index is 12.3. The van der Waals surface area contributed by atoms with E-state index in [0.29, 0.717) is 19.5 Å². The zero-order chi connectivity index (χ0) is 26.7. The lowest BCUT2D eigenvalue weighted by atomic mass is 10.1. The van der Waals surface area contributed by atoms with E-state index in [4.69, 9.17) is 14.5 Å². The van der Waals surface area contributed by atoms with Gasteiger partial charge in [-0.15, -0.1) is 0 Å². The molecule has 1 aromatic carbocycles. The van der Waals surface area contributed by atoms with Gasteiger partial charge >= 0.3 is 6.09 Å². The molecule has 5 rings (SSSR count). The van der Waals surface area contributed by atoms with Crippen molar-refractivity contribution in [3.63, 3.8) is 0 Å². The van der Waals surface area contributed by atoms with E-state index in [0.717, 1.165) is 59.1 Å². The van der Waals surface area contributed by atoms with Crippen LogP contribution >= 0.6 is 0 Å². The zero-order valence-corrected chi connectivity index (χ0v) is 22.4. The van der Waals surface area contributed by atoms with Gasteiger partial charge < -0.3 is 19.4 Å². The summed E-state index contributed by atoms with van der Waals surface area (Å²) in [6, 6.07) is 12.3. The first kappa shape index (κ1) is 25.7. The monoisotopic (exact) mass is 514 g/mol. The van der Waals surface area contributed by atoms with Crippen LogP contribution in [0.25, 0.3) is 22.2 Å². The van der Waals surface area contributed by atoms with Gasteiger partial charge in [0.2, 0.25) is 0 Å². The molecule has 1 amide bonds. The smallest absolute Gasteiger partial charge is 0.410 e. The Bertz CT molecular complexity index is 1420. The van der Waals surface area contributed by atoms with Crippen molar-refractivity contribution < 1.29 is 14.3 Å². The third kappa shape index (κ3) is 6.11. The van der Waals surface area contributed by atoms with Gasteiger partial charge in [0.15, 0.2) is 0 Å². The number of piperazine rings is 1. The summed E-state index contributed by atoms with van der Waals surface area (Å²) in [6.45, 7) is 9.45. The number of amides is 1. The lowest BCUT2D eigenvalue weighted by Gasteiger charge is -2.35. The Morgan fingerprint density at radius 1 is 1.05 bits per heavy atom. The van der Waals surface area contributed by atoms with Gasteiger partial charge in [-0.1, -0.05) is 6.07 Å². The van der Waals surface area contributed by atoms with Crippen LogP contribution in [-0.4, -0.2) is 74.7 Å².